The van der Waals surface area contributed by atoms with Crippen molar-refractivity contribution in [2.45, 2.75) is 23.8 Å². The van der Waals surface area contributed by atoms with E-state index in [1.54, 1.807) is 18.2 Å². The Hall–Kier alpha value is -2.23. The molecule has 134 valence electrons. The van der Waals surface area contributed by atoms with Crippen molar-refractivity contribution in [2.24, 2.45) is 0 Å². The van der Waals surface area contributed by atoms with Crippen LogP contribution in [0.2, 0.25) is 0 Å². The number of amides is 1. The summed E-state index contributed by atoms with van der Waals surface area (Å²) in [6.45, 7) is 0.405. The minimum atomic E-state index is -3.81. The van der Waals surface area contributed by atoms with E-state index in [2.05, 4.69) is 15.0 Å². The number of nitrogens with zero attached hydrogens (tertiary/aromatic N) is 2. The SMILES string of the molecule is O=C(CN(CC1CCCO1)S(=O)(=O)c1ccccc1)Nc1ccon1. The van der Waals surface area contributed by atoms with Crippen LogP contribution in [0, 0.1) is 0 Å². The molecule has 1 saturated heterocycles. The molecule has 1 N–H and O–H groups in total. The Morgan fingerprint density at radius 3 is 2.72 bits per heavy atom. The van der Waals surface area contributed by atoms with Gasteiger partial charge in [0.05, 0.1) is 17.5 Å². The molecule has 0 saturated carbocycles. The lowest BCUT2D eigenvalue weighted by Gasteiger charge is -2.24. The summed E-state index contributed by atoms with van der Waals surface area (Å²) >= 11 is 0. The van der Waals surface area contributed by atoms with Crippen LogP contribution in [-0.2, 0) is 19.6 Å². The maximum atomic E-state index is 12.9. The van der Waals surface area contributed by atoms with E-state index in [0.29, 0.717) is 6.61 Å². The van der Waals surface area contributed by atoms with Gasteiger partial charge in [-0.25, -0.2) is 8.42 Å². The third kappa shape index (κ3) is 4.44. The highest BCUT2D eigenvalue weighted by atomic mass is 32.2. The zero-order valence-electron chi connectivity index (χ0n) is 13.5. The van der Waals surface area contributed by atoms with Crippen molar-refractivity contribution >= 4 is 21.7 Å². The molecule has 1 unspecified atom stereocenters. The quantitative estimate of drug-likeness (QED) is 0.797. The smallest absolute Gasteiger partial charge is 0.243 e. The normalized spacial score (nSPS) is 17.7. The number of carbonyl (C=O) groups is 1. The van der Waals surface area contributed by atoms with Crippen molar-refractivity contribution in [3.63, 3.8) is 0 Å². The van der Waals surface area contributed by atoms with Crippen molar-refractivity contribution < 1.29 is 22.5 Å². The van der Waals surface area contributed by atoms with Crippen LogP contribution in [0.3, 0.4) is 0 Å². The largest absolute Gasteiger partial charge is 0.377 e. The van der Waals surface area contributed by atoms with E-state index in [-0.39, 0.29) is 29.9 Å². The number of hydrogen-bond donors (Lipinski definition) is 1. The molecular weight excluding hydrogens is 346 g/mol. The molecule has 1 aliphatic rings. The minimum Gasteiger partial charge on any atom is -0.377 e. The van der Waals surface area contributed by atoms with Crippen LogP contribution in [-0.4, -0.2) is 49.6 Å². The molecule has 1 aromatic heterocycles. The topological polar surface area (TPSA) is 102 Å². The summed E-state index contributed by atoms with van der Waals surface area (Å²) in [4.78, 5) is 12.4. The maximum absolute atomic E-state index is 12.9. The van der Waals surface area contributed by atoms with Crippen LogP contribution in [0.1, 0.15) is 12.8 Å². The lowest BCUT2D eigenvalue weighted by molar-refractivity contribution is -0.116. The summed E-state index contributed by atoms with van der Waals surface area (Å²) in [6.07, 6.45) is 2.76. The molecule has 1 atom stereocenters. The van der Waals surface area contributed by atoms with Gasteiger partial charge in [-0.15, -0.1) is 0 Å². The lowest BCUT2D eigenvalue weighted by Crippen LogP contribution is -2.42. The number of benzene rings is 1. The molecule has 1 aliphatic heterocycles. The van der Waals surface area contributed by atoms with Gasteiger partial charge in [0.15, 0.2) is 5.82 Å². The number of anilines is 1. The first-order valence-electron chi connectivity index (χ1n) is 7.93. The molecule has 1 aromatic carbocycles. The van der Waals surface area contributed by atoms with E-state index in [1.165, 1.54) is 24.5 Å². The second-order valence-corrected chi connectivity index (χ2v) is 7.62. The van der Waals surface area contributed by atoms with Crippen molar-refractivity contribution in [2.75, 3.05) is 25.0 Å². The fraction of sp³-hybridized carbons (Fsp3) is 0.375. The first kappa shape index (κ1) is 17.6. The summed E-state index contributed by atoms with van der Waals surface area (Å²) in [5, 5.41) is 6.10. The Balaban J connectivity index is 1.77. The average Bonchev–Trinajstić information content (AvgIpc) is 3.29. The lowest BCUT2D eigenvalue weighted by atomic mass is 10.2. The summed E-state index contributed by atoms with van der Waals surface area (Å²) in [5.74, 6) is -0.259. The molecule has 0 aliphatic carbocycles. The molecule has 0 spiro atoms. The van der Waals surface area contributed by atoms with Crippen LogP contribution < -0.4 is 5.32 Å². The minimum absolute atomic E-state index is 0.128. The van der Waals surface area contributed by atoms with Crippen molar-refractivity contribution in [3.8, 4) is 0 Å². The maximum Gasteiger partial charge on any atom is 0.243 e. The molecule has 2 heterocycles. The van der Waals surface area contributed by atoms with E-state index in [9.17, 15) is 13.2 Å². The molecule has 0 bridgehead atoms. The average molecular weight is 365 g/mol. The van der Waals surface area contributed by atoms with E-state index >= 15 is 0 Å². The molecule has 25 heavy (non-hydrogen) atoms. The van der Waals surface area contributed by atoms with E-state index in [4.69, 9.17) is 4.74 Å². The van der Waals surface area contributed by atoms with Crippen molar-refractivity contribution in [1.82, 2.24) is 9.46 Å². The van der Waals surface area contributed by atoms with Gasteiger partial charge in [0.25, 0.3) is 0 Å². The molecule has 0 radical (unpaired) electrons. The number of nitrogens with one attached hydrogen (secondary N) is 1. The van der Waals surface area contributed by atoms with E-state index in [1.807, 2.05) is 0 Å². The van der Waals surface area contributed by atoms with E-state index in [0.717, 1.165) is 17.1 Å². The zero-order valence-corrected chi connectivity index (χ0v) is 14.3. The number of sulfonamides is 1. The van der Waals surface area contributed by atoms with Crippen LogP contribution >= 0.6 is 0 Å². The Bertz CT molecular complexity index is 786. The van der Waals surface area contributed by atoms with Gasteiger partial charge in [-0.2, -0.15) is 4.31 Å². The molecule has 9 heteroatoms. The van der Waals surface area contributed by atoms with Gasteiger partial charge in [0, 0.05) is 19.2 Å². The number of carbonyl (C=O) groups excluding carboxylic acids is 1. The van der Waals surface area contributed by atoms with Gasteiger partial charge < -0.3 is 14.6 Å². The summed E-state index contributed by atoms with van der Waals surface area (Å²) in [5.41, 5.74) is 0. The molecule has 1 fully saturated rings. The molecule has 3 rings (SSSR count). The van der Waals surface area contributed by atoms with Gasteiger partial charge in [0.2, 0.25) is 15.9 Å². The molecule has 1 amide bonds. The van der Waals surface area contributed by atoms with Gasteiger partial charge in [-0.05, 0) is 25.0 Å². The first-order valence-corrected chi connectivity index (χ1v) is 9.37. The Morgan fingerprint density at radius 2 is 2.08 bits per heavy atom. The monoisotopic (exact) mass is 365 g/mol. The highest BCUT2D eigenvalue weighted by molar-refractivity contribution is 7.89. The first-order chi connectivity index (χ1) is 12.1. The molecule has 8 nitrogen and oxygen atoms in total. The Kier molecular flexibility index (Phi) is 5.47. The predicted molar refractivity (Wildman–Crippen MR) is 89.3 cm³/mol. The number of ether oxygens (including phenoxy) is 1. The van der Waals surface area contributed by atoms with Gasteiger partial charge in [-0.3, -0.25) is 4.79 Å². The van der Waals surface area contributed by atoms with Crippen LogP contribution in [0.4, 0.5) is 5.82 Å². The van der Waals surface area contributed by atoms with Gasteiger partial charge in [0.1, 0.15) is 6.26 Å². The second-order valence-electron chi connectivity index (χ2n) is 5.68. The van der Waals surface area contributed by atoms with Crippen LogP contribution in [0.15, 0.2) is 52.1 Å². The molecular formula is C16H19N3O5S. The van der Waals surface area contributed by atoms with Gasteiger partial charge in [-0.1, -0.05) is 23.4 Å². The highest BCUT2D eigenvalue weighted by Crippen LogP contribution is 2.20. The van der Waals surface area contributed by atoms with E-state index < -0.39 is 15.9 Å². The van der Waals surface area contributed by atoms with Crippen molar-refractivity contribution in [3.05, 3.63) is 42.7 Å². The van der Waals surface area contributed by atoms with Crippen LogP contribution in [0.5, 0.6) is 0 Å². The fourth-order valence-electron chi connectivity index (χ4n) is 2.62. The summed E-state index contributed by atoms with van der Waals surface area (Å²) in [6, 6.07) is 9.52. The zero-order chi connectivity index (χ0) is 17.7. The Morgan fingerprint density at radius 1 is 1.28 bits per heavy atom. The Labute approximate surface area is 145 Å². The number of hydrogen-bond acceptors (Lipinski definition) is 6. The second kappa shape index (κ2) is 7.77. The third-order valence-corrected chi connectivity index (χ3v) is 5.66. The number of aromatic nitrogens is 1. The fourth-order valence-corrected chi connectivity index (χ4v) is 4.07. The summed E-state index contributed by atoms with van der Waals surface area (Å²) in [7, 11) is -3.81. The van der Waals surface area contributed by atoms with Crippen molar-refractivity contribution in [1.29, 1.82) is 0 Å². The predicted octanol–water partition coefficient (Wildman–Crippen LogP) is 1.48. The highest BCUT2D eigenvalue weighted by Gasteiger charge is 2.30. The van der Waals surface area contributed by atoms with Crippen LogP contribution in [0.25, 0.3) is 0 Å². The summed E-state index contributed by atoms with van der Waals surface area (Å²) < 4.78 is 37.2. The molecule has 2 aromatic rings. The van der Waals surface area contributed by atoms with Gasteiger partial charge >= 0.3 is 0 Å². The third-order valence-electron chi connectivity index (χ3n) is 3.84. The standard InChI is InChI=1S/C16H19N3O5S/c20-16(17-15-8-10-24-18-15)12-19(11-13-5-4-9-23-13)25(21,22)14-6-2-1-3-7-14/h1-3,6-8,10,13H,4-5,9,11-12H2,(H,17,18,20). The number of rotatable bonds is 7.